The molecule has 0 aliphatic rings. The number of allylic oxidation sites excluding steroid dienone is 5. The van der Waals surface area contributed by atoms with Gasteiger partial charge in [-0.2, -0.15) is 0 Å². The van der Waals surface area contributed by atoms with Crippen molar-refractivity contribution in [1.29, 1.82) is 0 Å². The first kappa shape index (κ1) is 13.3. The van der Waals surface area contributed by atoms with E-state index in [-0.39, 0.29) is 0 Å². The summed E-state index contributed by atoms with van der Waals surface area (Å²) in [5, 5.41) is 0. The van der Waals surface area contributed by atoms with Crippen molar-refractivity contribution in [2.75, 3.05) is 0 Å². The molecule has 0 saturated carbocycles. The molecular weight excluding hydrogens is 167 g/mol. The maximum Gasteiger partial charge on any atom is 0.106 e. The van der Waals surface area contributed by atoms with Crippen LogP contribution in [0.4, 0.5) is 0 Å². The molecule has 0 nitrogen and oxygen atoms in total. The lowest BCUT2D eigenvalue weighted by molar-refractivity contribution is 0.766. The molecule has 0 aromatic carbocycles. The van der Waals surface area contributed by atoms with Crippen LogP contribution in [0.15, 0.2) is 36.0 Å². The highest BCUT2D eigenvalue weighted by Crippen LogP contribution is 2.16. The Bertz CT molecular complexity index is 232. The van der Waals surface area contributed by atoms with E-state index < -0.39 is 0 Å². The van der Waals surface area contributed by atoms with Crippen LogP contribution in [-0.4, -0.2) is 7.85 Å². The van der Waals surface area contributed by atoms with Crippen LogP contribution in [0.25, 0.3) is 0 Å². The highest BCUT2D eigenvalue weighted by molar-refractivity contribution is 6.10. The van der Waals surface area contributed by atoms with Crippen LogP contribution in [0.1, 0.15) is 27.7 Å². The first-order valence-corrected chi connectivity index (χ1v) is 5.56. The maximum atomic E-state index is 3.83. The third-order valence-electron chi connectivity index (χ3n) is 2.54. The predicted octanol–water partition coefficient (Wildman–Crippen LogP) is 3.39. The van der Waals surface area contributed by atoms with Crippen LogP contribution in [0.3, 0.4) is 0 Å². The SMILES string of the molecule is BC/C(=C\C=C(/C=C)C(C)C)C(C)C. The number of hydrogen-bond acceptors (Lipinski definition) is 0. The van der Waals surface area contributed by atoms with Gasteiger partial charge in [0.15, 0.2) is 0 Å². The fraction of sp³-hybridized carbons (Fsp3) is 0.538. The van der Waals surface area contributed by atoms with E-state index in [0.717, 1.165) is 6.32 Å². The largest absolute Gasteiger partial charge is 0.106 e. The molecule has 1 heteroatoms. The van der Waals surface area contributed by atoms with Gasteiger partial charge in [0, 0.05) is 0 Å². The summed E-state index contributed by atoms with van der Waals surface area (Å²) in [6.07, 6.45) is 7.55. The van der Waals surface area contributed by atoms with E-state index in [9.17, 15) is 0 Å². The molecule has 0 atom stereocenters. The highest BCUT2D eigenvalue weighted by atomic mass is 14.0. The molecule has 0 aliphatic heterocycles. The predicted molar refractivity (Wildman–Crippen MR) is 69.4 cm³/mol. The second-order valence-corrected chi connectivity index (χ2v) is 4.28. The Hall–Kier alpha value is -0.715. The van der Waals surface area contributed by atoms with E-state index in [2.05, 4.69) is 54.3 Å². The molecule has 0 amide bonds. The lowest BCUT2D eigenvalue weighted by atomic mass is 9.88. The zero-order valence-corrected chi connectivity index (χ0v) is 10.3. The van der Waals surface area contributed by atoms with Crippen LogP contribution in [0.2, 0.25) is 6.32 Å². The normalized spacial score (nSPS) is 13.9. The molecule has 0 bridgehead atoms. The molecule has 0 aromatic rings. The van der Waals surface area contributed by atoms with Crippen LogP contribution in [0, 0.1) is 11.8 Å². The molecule has 0 unspecified atom stereocenters. The molecular formula is C13H23B. The van der Waals surface area contributed by atoms with Gasteiger partial charge in [-0.05, 0) is 17.4 Å². The van der Waals surface area contributed by atoms with E-state index in [4.69, 9.17) is 0 Å². The van der Waals surface area contributed by atoms with Gasteiger partial charge >= 0.3 is 0 Å². The van der Waals surface area contributed by atoms with Crippen molar-refractivity contribution < 1.29 is 0 Å². The van der Waals surface area contributed by atoms with Crippen molar-refractivity contribution in [3.63, 3.8) is 0 Å². The van der Waals surface area contributed by atoms with Gasteiger partial charge in [0.1, 0.15) is 7.85 Å². The molecule has 0 heterocycles. The van der Waals surface area contributed by atoms with Crippen molar-refractivity contribution in [3.8, 4) is 0 Å². The molecule has 0 aromatic heterocycles. The Kier molecular flexibility index (Phi) is 6.35. The van der Waals surface area contributed by atoms with E-state index in [1.807, 2.05) is 6.08 Å². The minimum atomic E-state index is 0.564. The topological polar surface area (TPSA) is 0 Å². The van der Waals surface area contributed by atoms with Gasteiger partial charge in [-0.1, -0.05) is 64.4 Å². The summed E-state index contributed by atoms with van der Waals surface area (Å²) < 4.78 is 0. The zero-order valence-electron chi connectivity index (χ0n) is 10.3. The first-order chi connectivity index (χ1) is 6.52. The smallest absolute Gasteiger partial charge is 0.0988 e. The number of rotatable bonds is 5. The zero-order chi connectivity index (χ0) is 11.1. The van der Waals surface area contributed by atoms with Gasteiger partial charge in [-0.25, -0.2) is 0 Å². The molecule has 0 N–H and O–H groups in total. The van der Waals surface area contributed by atoms with Gasteiger partial charge < -0.3 is 0 Å². The fourth-order valence-corrected chi connectivity index (χ4v) is 1.42. The van der Waals surface area contributed by atoms with E-state index in [1.54, 1.807) is 0 Å². The standard InChI is InChI=1S/C13H23B/c1-6-12(10(2)3)7-8-13(9-14)11(4)5/h6-8,10-11H,1,9,14H2,2-5H3/b12-7+,13-8+. The minimum absolute atomic E-state index is 0.564. The van der Waals surface area contributed by atoms with Gasteiger partial charge in [-0.3, -0.25) is 0 Å². The molecule has 0 rings (SSSR count). The van der Waals surface area contributed by atoms with Crippen molar-refractivity contribution in [2.45, 2.75) is 34.0 Å². The van der Waals surface area contributed by atoms with Crippen molar-refractivity contribution in [2.24, 2.45) is 11.8 Å². The molecule has 0 fully saturated rings. The van der Waals surface area contributed by atoms with E-state index >= 15 is 0 Å². The van der Waals surface area contributed by atoms with Crippen LogP contribution < -0.4 is 0 Å². The quantitative estimate of drug-likeness (QED) is 0.460. The van der Waals surface area contributed by atoms with Gasteiger partial charge in [0.05, 0.1) is 0 Å². The molecule has 0 saturated heterocycles. The Morgan fingerprint density at radius 1 is 1.14 bits per heavy atom. The number of hydrogen-bond donors (Lipinski definition) is 0. The Labute approximate surface area is 90.2 Å². The Morgan fingerprint density at radius 2 is 1.71 bits per heavy atom. The van der Waals surface area contributed by atoms with Crippen LogP contribution in [0.5, 0.6) is 0 Å². The lowest BCUT2D eigenvalue weighted by Gasteiger charge is -2.09. The molecule has 0 aliphatic carbocycles. The third kappa shape index (κ3) is 4.50. The average Bonchev–Trinajstić information content (AvgIpc) is 2.11. The van der Waals surface area contributed by atoms with E-state index in [0.29, 0.717) is 11.8 Å². The minimum Gasteiger partial charge on any atom is -0.0988 e. The van der Waals surface area contributed by atoms with Crippen molar-refractivity contribution in [3.05, 3.63) is 36.0 Å². The summed E-state index contributed by atoms with van der Waals surface area (Å²) in [6.45, 7) is 12.7. The van der Waals surface area contributed by atoms with Crippen LogP contribution >= 0.6 is 0 Å². The summed E-state index contributed by atoms with van der Waals surface area (Å²) in [5.41, 5.74) is 2.82. The molecule has 78 valence electrons. The van der Waals surface area contributed by atoms with Crippen LogP contribution in [-0.2, 0) is 0 Å². The third-order valence-corrected chi connectivity index (χ3v) is 2.54. The highest BCUT2D eigenvalue weighted by Gasteiger charge is 2.00. The summed E-state index contributed by atoms with van der Waals surface area (Å²) in [4.78, 5) is 0. The van der Waals surface area contributed by atoms with Gasteiger partial charge in [0.2, 0.25) is 0 Å². The Morgan fingerprint density at radius 3 is 2.00 bits per heavy atom. The van der Waals surface area contributed by atoms with Crippen molar-refractivity contribution >= 4 is 7.85 Å². The summed E-state index contributed by atoms with van der Waals surface area (Å²) >= 11 is 0. The first-order valence-electron chi connectivity index (χ1n) is 5.56. The lowest BCUT2D eigenvalue weighted by Crippen LogP contribution is -1.94. The molecule has 0 radical (unpaired) electrons. The van der Waals surface area contributed by atoms with Gasteiger partial charge in [-0.15, -0.1) is 0 Å². The Balaban J connectivity index is 4.70. The van der Waals surface area contributed by atoms with Gasteiger partial charge in [0.25, 0.3) is 0 Å². The summed E-state index contributed by atoms with van der Waals surface area (Å²) in [6, 6.07) is 0. The molecule has 14 heavy (non-hydrogen) atoms. The summed E-state index contributed by atoms with van der Waals surface area (Å²) in [5.74, 6) is 1.21. The van der Waals surface area contributed by atoms with E-state index in [1.165, 1.54) is 11.1 Å². The summed E-state index contributed by atoms with van der Waals surface area (Å²) in [7, 11) is 2.21. The average molecular weight is 190 g/mol. The fourth-order valence-electron chi connectivity index (χ4n) is 1.42. The second-order valence-electron chi connectivity index (χ2n) is 4.28. The van der Waals surface area contributed by atoms with Crippen molar-refractivity contribution in [1.82, 2.24) is 0 Å². The molecule has 0 spiro atoms. The second kappa shape index (κ2) is 6.70. The monoisotopic (exact) mass is 190 g/mol. The maximum absolute atomic E-state index is 3.83.